The second kappa shape index (κ2) is 9.80. The molecule has 0 aromatic carbocycles. The van der Waals surface area contributed by atoms with Crippen molar-refractivity contribution in [3.05, 3.63) is 46.6 Å². The Labute approximate surface area is 160 Å². The molecule has 0 radical (unpaired) electrons. The Morgan fingerprint density at radius 2 is 2.19 bits per heavy atom. The van der Waals surface area contributed by atoms with Crippen LogP contribution in [0.1, 0.15) is 62.8 Å². The fraction of sp³-hybridized carbons (Fsp3) is 0.429. The molecule has 2 heterocycles. The van der Waals surface area contributed by atoms with E-state index in [1.54, 1.807) is 24.0 Å². The molecular weight excluding hydrogens is 340 g/mol. The van der Waals surface area contributed by atoms with Gasteiger partial charge in [-0.3, -0.25) is 9.59 Å². The van der Waals surface area contributed by atoms with Gasteiger partial charge in [-0.15, -0.1) is 0 Å². The van der Waals surface area contributed by atoms with E-state index in [1.165, 1.54) is 6.20 Å². The molecule has 0 spiro atoms. The SMILES string of the molecule is CCCC/C=C(/C(C)=O)C1=C(C)CN(C(=O)c2cnc(/C=C\C=N)[nH]2)CC1. The van der Waals surface area contributed by atoms with E-state index >= 15 is 0 Å². The number of hydrogen-bond donors (Lipinski definition) is 2. The van der Waals surface area contributed by atoms with E-state index in [2.05, 4.69) is 23.0 Å². The monoisotopic (exact) mass is 368 g/mol. The summed E-state index contributed by atoms with van der Waals surface area (Å²) in [6.07, 6.45) is 11.7. The van der Waals surface area contributed by atoms with Crippen molar-refractivity contribution in [3.63, 3.8) is 0 Å². The lowest BCUT2D eigenvalue weighted by Gasteiger charge is -2.30. The highest BCUT2D eigenvalue weighted by molar-refractivity contribution is 5.98. The van der Waals surface area contributed by atoms with Gasteiger partial charge in [0.2, 0.25) is 0 Å². The van der Waals surface area contributed by atoms with Crippen LogP contribution in [0.4, 0.5) is 0 Å². The number of nitrogens with one attached hydrogen (secondary N) is 2. The molecule has 0 bridgehead atoms. The third-order valence-electron chi connectivity index (χ3n) is 4.65. The van der Waals surface area contributed by atoms with Gasteiger partial charge in [0.05, 0.1) is 6.20 Å². The van der Waals surface area contributed by atoms with Gasteiger partial charge in [-0.25, -0.2) is 4.98 Å². The molecule has 1 aliphatic rings. The number of H-pyrrole nitrogens is 1. The van der Waals surface area contributed by atoms with E-state index in [4.69, 9.17) is 5.41 Å². The van der Waals surface area contributed by atoms with Gasteiger partial charge in [0.1, 0.15) is 11.5 Å². The lowest BCUT2D eigenvalue weighted by atomic mass is 9.91. The van der Waals surface area contributed by atoms with Gasteiger partial charge in [0.15, 0.2) is 5.78 Å². The number of hydrogen-bond acceptors (Lipinski definition) is 4. The molecule has 144 valence electrons. The standard InChI is InChI=1S/C21H28N4O2/c1-4-5-6-8-18(16(3)26)17-10-12-25(14-15(17)2)21(27)19-13-23-20(24-19)9-7-11-22/h7-9,11,13,22H,4-6,10,12,14H2,1-3H3,(H,23,24)/b9-7-,18-8-,22-11?. The number of allylic oxidation sites excluding steroid dienone is 3. The van der Waals surface area contributed by atoms with Gasteiger partial charge in [0.25, 0.3) is 5.91 Å². The maximum atomic E-state index is 12.7. The molecule has 0 unspecified atom stereocenters. The number of amides is 1. The summed E-state index contributed by atoms with van der Waals surface area (Å²) in [7, 11) is 0. The van der Waals surface area contributed by atoms with Crippen molar-refractivity contribution in [2.75, 3.05) is 13.1 Å². The van der Waals surface area contributed by atoms with Crippen LogP contribution in [-0.2, 0) is 4.79 Å². The number of nitrogens with zero attached hydrogens (tertiary/aromatic N) is 2. The van der Waals surface area contributed by atoms with E-state index in [1.807, 2.05) is 6.92 Å². The quantitative estimate of drug-likeness (QED) is 0.414. The molecule has 2 N–H and O–H groups in total. The minimum Gasteiger partial charge on any atom is -0.334 e. The number of carbonyl (C=O) groups is 2. The Balaban J connectivity index is 2.14. The molecule has 0 saturated carbocycles. The Bertz CT molecular complexity index is 799. The van der Waals surface area contributed by atoms with Crippen molar-refractivity contribution in [1.29, 1.82) is 5.41 Å². The molecule has 0 fully saturated rings. The molecule has 1 amide bonds. The smallest absolute Gasteiger partial charge is 0.272 e. The first kappa shape index (κ1) is 20.6. The molecule has 0 atom stereocenters. The van der Waals surface area contributed by atoms with Crippen LogP contribution >= 0.6 is 0 Å². The van der Waals surface area contributed by atoms with Crippen LogP contribution in [0, 0.1) is 5.41 Å². The first-order chi connectivity index (χ1) is 13.0. The zero-order chi connectivity index (χ0) is 19.8. The largest absolute Gasteiger partial charge is 0.334 e. The number of ketones is 1. The zero-order valence-corrected chi connectivity index (χ0v) is 16.3. The predicted molar refractivity (Wildman–Crippen MR) is 108 cm³/mol. The molecule has 27 heavy (non-hydrogen) atoms. The summed E-state index contributed by atoms with van der Waals surface area (Å²) in [6, 6.07) is 0. The Morgan fingerprint density at radius 1 is 1.41 bits per heavy atom. The van der Waals surface area contributed by atoms with Gasteiger partial charge in [0, 0.05) is 24.9 Å². The minimum atomic E-state index is -0.102. The van der Waals surface area contributed by atoms with E-state index in [9.17, 15) is 9.59 Å². The molecule has 6 nitrogen and oxygen atoms in total. The molecule has 1 aromatic rings. The zero-order valence-electron chi connectivity index (χ0n) is 16.3. The Morgan fingerprint density at radius 3 is 2.81 bits per heavy atom. The molecule has 0 saturated heterocycles. The molecule has 2 rings (SSSR count). The molecule has 1 aromatic heterocycles. The van der Waals surface area contributed by atoms with Crippen LogP contribution in [0.15, 0.2) is 35.1 Å². The summed E-state index contributed by atoms with van der Waals surface area (Å²) in [5, 5.41) is 7.00. The van der Waals surface area contributed by atoms with Crippen LogP contribution in [0.25, 0.3) is 6.08 Å². The third kappa shape index (κ3) is 5.36. The van der Waals surface area contributed by atoms with Gasteiger partial charge in [-0.1, -0.05) is 25.8 Å². The second-order valence-electron chi connectivity index (χ2n) is 6.76. The predicted octanol–water partition coefficient (Wildman–Crippen LogP) is 3.94. The number of aromatic amines is 1. The topological polar surface area (TPSA) is 89.9 Å². The maximum Gasteiger partial charge on any atom is 0.272 e. The summed E-state index contributed by atoms with van der Waals surface area (Å²) in [6.45, 7) is 6.84. The fourth-order valence-electron chi connectivity index (χ4n) is 3.23. The number of rotatable bonds is 8. The first-order valence-electron chi connectivity index (χ1n) is 9.39. The van der Waals surface area contributed by atoms with Crippen molar-refractivity contribution in [3.8, 4) is 0 Å². The van der Waals surface area contributed by atoms with E-state index in [0.717, 1.165) is 42.2 Å². The highest BCUT2D eigenvalue weighted by Gasteiger charge is 2.25. The third-order valence-corrected chi connectivity index (χ3v) is 4.65. The minimum absolute atomic E-state index is 0.0939. The van der Waals surface area contributed by atoms with Crippen molar-refractivity contribution >= 4 is 24.0 Å². The molecule has 1 aliphatic heterocycles. The van der Waals surface area contributed by atoms with Crippen LogP contribution in [0.5, 0.6) is 0 Å². The van der Waals surface area contributed by atoms with Gasteiger partial charge in [-0.2, -0.15) is 0 Å². The molecule has 0 aliphatic carbocycles. The van der Waals surface area contributed by atoms with Crippen LogP contribution in [0.3, 0.4) is 0 Å². The van der Waals surface area contributed by atoms with Crippen molar-refractivity contribution in [1.82, 2.24) is 14.9 Å². The fourth-order valence-corrected chi connectivity index (χ4v) is 3.23. The van der Waals surface area contributed by atoms with E-state index in [0.29, 0.717) is 31.0 Å². The van der Waals surface area contributed by atoms with Crippen LogP contribution < -0.4 is 0 Å². The highest BCUT2D eigenvalue weighted by Crippen LogP contribution is 2.26. The summed E-state index contributed by atoms with van der Waals surface area (Å²) in [4.78, 5) is 33.7. The molecular formula is C21H28N4O2. The second-order valence-corrected chi connectivity index (χ2v) is 6.76. The first-order valence-corrected chi connectivity index (χ1v) is 9.39. The normalized spacial score (nSPS) is 15.5. The van der Waals surface area contributed by atoms with Crippen molar-refractivity contribution in [2.24, 2.45) is 0 Å². The summed E-state index contributed by atoms with van der Waals surface area (Å²) >= 11 is 0. The van der Waals surface area contributed by atoms with Crippen LogP contribution in [-0.4, -0.2) is 45.9 Å². The lowest BCUT2D eigenvalue weighted by molar-refractivity contribution is -0.113. The average molecular weight is 368 g/mol. The Kier molecular flexibility index (Phi) is 7.46. The number of imidazole rings is 1. The van der Waals surface area contributed by atoms with E-state index < -0.39 is 0 Å². The summed E-state index contributed by atoms with van der Waals surface area (Å²) < 4.78 is 0. The lowest BCUT2D eigenvalue weighted by Crippen LogP contribution is -2.37. The number of unbranched alkanes of at least 4 members (excludes halogenated alkanes) is 2. The average Bonchev–Trinajstić information content (AvgIpc) is 3.12. The summed E-state index contributed by atoms with van der Waals surface area (Å²) in [5.41, 5.74) is 3.40. The van der Waals surface area contributed by atoms with Crippen molar-refractivity contribution < 1.29 is 9.59 Å². The van der Waals surface area contributed by atoms with Crippen LogP contribution in [0.2, 0.25) is 0 Å². The maximum absolute atomic E-state index is 12.7. The number of Topliss-reactive ketones (excluding diaryl/α,β-unsaturated/α-hetero) is 1. The van der Waals surface area contributed by atoms with Gasteiger partial charge >= 0.3 is 0 Å². The number of carbonyl (C=O) groups excluding carboxylic acids is 2. The van der Waals surface area contributed by atoms with Gasteiger partial charge in [-0.05, 0) is 50.0 Å². The Hall–Kier alpha value is -2.76. The van der Waals surface area contributed by atoms with E-state index in [-0.39, 0.29) is 11.7 Å². The van der Waals surface area contributed by atoms with Gasteiger partial charge < -0.3 is 15.3 Å². The summed E-state index contributed by atoms with van der Waals surface area (Å²) in [5.74, 6) is 0.538. The highest BCUT2D eigenvalue weighted by atomic mass is 16.2. The molecule has 6 heteroatoms. The number of aromatic nitrogens is 2. The van der Waals surface area contributed by atoms with Crippen molar-refractivity contribution in [2.45, 2.75) is 46.5 Å².